The van der Waals surface area contributed by atoms with Crippen molar-refractivity contribution in [1.82, 2.24) is 0 Å². The molecule has 0 aromatic carbocycles. The molecule has 0 aliphatic carbocycles. The van der Waals surface area contributed by atoms with Gasteiger partial charge in [-0.25, -0.2) is 0 Å². The molecule has 61 heavy (non-hydrogen) atoms. The van der Waals surface area contributed by atoms with Crippen LogP contribution in [0.3, 0.4) is 0 Å². The Bertz CT molecular complexity index is 845. The van der Waals surface area contributed by atoms with E-state index in [4.69, 9.17) is 9.47 Å². The maximum absolute atomic E-state index is 12.3. The number of rotatable bonds is 53. The molecule has 1 unspecified atom stereocenters. The van der Waals surface area contributed by atoms with Crippen molar-refractivity contribution in [1.29, 1.82) is 0 Å². The van der Waals surface area contributed by atoms with Gasteiger partial charge in [0.15, 0.2) is 6.10 Å². The van der Waals surface area contributed by atoms with Crippen LogP contribution in [0.1, 0.15) is 328 Å². The topological polar surface area (TPSA) is 72.8 Å². The molecule has 0 heterocycles. The van der Waals surface area contributed by atoms with Crippen LogP contribution in [-0.2, 0) is 19.1 Å². The molecule has 0 amide bonds. The number of hydrogen-bond acceptors (Lipinski definition) is 5. The lowest BCUT2D eigenvalue weighted by molar-refractivity contribution is -0.161. The zero-order chi connectivity index (χ0) is 44.2. The largest absolute Gasteiger partial charge is 0.462 e. The molecular weight excluding hydrogens is 753 g/mol. The first-order chi connectivity index (χ1) is 30.1. The summed E-state index contributed by atoms with van der Waals surface area (Å²) in [6.07, 6.45) is 63.7. The van der Waals surface area contributed by atoms with Gasteiger partial charge >= 0.3 is 11.9 Å². The predicted molar refractivity (Wildman–Crippen MR) is 266 cm³/mol. The second-order valence-corrected chi connectivity index (χ2v) is 19.4. The Labute approximate surface area is 382 Å². The molecular formula is C56H110O5. The number of esters is 2. The molecule has 5 nitrogen and oxygen atoms in total. The van der Waals surface area contributed by atoms with Crippen molar-refractivity contribution < 1.29 is 24.2 Å². The Morgan fingerprint density at radius 1 is 0.311 bits per heavy atom. The van der Waals surface area contributed by atoms with Crippen molar-refractivity contribution >= 4 is 11.9 Å². The van der Waals surface area contributed by atoms with E-state index in [0.717, 1.165) is 32.1 Å². The minimum atomic E-state index is -0.764. The number of carbonyl (C=O) groups excluding carboxylic acids is 2. The van der Waals surface area contributed by atoms with E-state index in [1.807, 2.05) is 0 Å². The second kappa shape index (κ2) is 53.2. The Morgan fingerprint density at radius 3 is 0.721 bits per heavy atom. The lowest BCUT2D eigenvalue weighted by Gasteiger charge is -2.15. The quantitative estimate of drug-likeness (QED) is 0.0487. The molecule has 0 rings (SSSR count). The zero-order valence-electron chi connectivity index (χ0n) is 41.7. The van der Waals surface area contributed by atoms with Gasteiger partial charge in [0.1, 0.15) is 6.61 Å². The third-order valence-electron chi connectivity index (χ3n) is 13.2. The summed E-state index contributed by atoms with van der Waals surface area (Å²) in [5.74, 6) is -0.564. The highest BCUT2D eigenvalue weighted by Crippen LogP contribution is 2.18. The summed E-state index contributed by atoms with van der Waals surface area (Å²) >= 11 is 0. The average Bonchev–Trinajstić information content (AvgIpc) is 3.26. The summed E-state index contributed by atoms with van der Waals surface area (Å²) in [5.41, 5.74) is 0. The molecule has 0 saturated heterocycles. The van der Waals surface area contributed by atoms with Gasteiger partial charge in [-0.2, -0.15) is 0 Å². The van der Waals surface area contributed by atoms with Gasteiger partial charge in [-0.1, -0.05) is 303 Å². The van der Waals surface area contributed by atoms with Crippen molar-refractivity contribution in [3.05, 3.63) is 0 Å². The highest BCUT2D eigenvalue weighted by Gasteiger charge is 2.16. The van der Waals surface area contributed by atoms with E-state index in [0.29, 0.717) is 12.8 Å². The fourth-order valence-corrected chi connectivity index (χ4v) is 8.91. The summed E-state index contributed by atoms with van der Waals surface area (Å²) < 4.78 is 10.7. The number of carbonyl (C=O) groups is 2. The fourth-order valence-electron chi connectivity index (χ4n) is 8.91. The van der Waals surface area contributed by atoms with E-state index in [2.05, 4.69) is 13.8 Å². The van der Waals surface area contributed by atoms with Gasteiger partial charge in [-0.3, -0.25) is 9.59 Å². The van der Waals surface area contributed by atoms with Crippen LogP contribution >= 0.6 is 0 Å². The van der Waals surface area contributed by atoms with Gasteiger partial charge in [0.05, 0.1) is 6.61 Å². The highest BCUT2D eigenvalue weighted by molar-refractivity contribution is 5.70. The maximum Gasteiger partial charge on any atom is 0.306 e. The molecule has 5 heteroatoms. The van der Waals surface area contributed by atoms with Gasteiger partial charge in [0.25, 0.3) is 0 Å². The number of aliphatic hydroxyl groups is 1. The normalized spacial score (nSPS) is 12.0. The summed E-state index contributed by atoms with van der Waals surface area (Å²) in [6, 6.07) is 0. The standard InChI is InChI=1S/C56H110O5/c1-3-5-7-9-11-13-15-17-19-21-23-25-26-27-28-29-30-31-33-35-37-39-41-43-45-47-49-51-56(59)61-54(52-57)53-60-55(58)50-48-46-44-42-40-38-36-34-32-24-22-20-18-16-14-12-10-8-6-4-2/h54,57H,3-53H2,1-2H3. The van der Waals surface area contributed by atoms with Crippen molar-refractivity contribution in [2.24, 2.45) is 0 Å². The second-order valence-electron chi connectivity index (χ2n) is 19.4. The molecule has 0 bridgehead atoms. The molecule has 1 atom stereocenters. The van der Waals surface area contributed by atoms with E-state index < -0.39 is 6.10 Å². The first-order valence-corrected chi connectivity index (χ1v) is 28.1. The highest BCUT2D eigenvalue weighted by atomic mass is 16.6. The van der Waals surface area contributed by atoms with Gasteiger partial charge in [-0.05, 0) is 12.8 Å². The summed E-state index contributed by atoms with van der Waals surface area (Å²) in [6.45, 7) is 4.21. The molecule has 0 aliphatic rings. The summed E-state index contributed by atoms with van der Waals surface area (Å²) in [4.78, 5) is 24.5. The van der Waals surface area contributed by atoms with Crippen molar-refractivity contribution in [3.8, 4) is 0 Å². The molecule has 0 fully saturated rings. The van der Waals surface area contributed by atoms with Crippen LogP contribution in [0.5, 0.6) is 0 Å². The smallest absolute Gasteiger partial charge is 0.306 e. The predicted octanol–water partition coefficient (Wildman–Crippen LogP) is 18.6. The lowest BCUT2D eigenvalue weighted by Crippen LogP contribution is -2.28. The number of unbranched alkanes of at least 4 members (excludes halogenated alkanes) is 45. The molecule has 1 N–H and O–H groups in total. The van der Waals surface area contributed by atoms with Gasteiger partial charge in [0, 0.05) is 12.8 Å². The van der Waals surface area contributed by atoms with E-state index in [9.17, 15) is 14.7 Å². The molecule has 0 aromatic rings. The van der Waals surface area contributed by atoms with Crippen molar-refractivity contribution in [2.75, 3.05) is 13.2 Å². The monoisotopic (exact) mass is 863 g/mol. The van der Waals surface area contributed by atoms with E-state index >= 15 is 0 Å². The number of hydrogen-bond donors (Lipinski definition) is 1. The van der Waals surface area contributed by atoms with Gasteiger partial charge in [0.2, 0.25) is 0 Å². The van der Waals surface area contributed by atoms with E-state index in [-0.39, 0.29) is 25.2 Å². The minimum absolute atomic E-state index is 0.0557. The number of aliphatic hydroxyl groups excluding tert-OH is 1. The molecule has 0 spiro atoms. The molecule has 0 aromatic heterocycles. The Balaban J connectivity index is 3.39. The van der Waals surface area contributed by atoms with Gasteiger partial charge < -0.3 is 14.6 Å². The Hall–Kier alpha value is -1.10. The lowest BCUT2D eigenvalue weighted by atomic mass is 10.0. The first kappa shape index (κ1) is 59.9. The molecule has 0 radical (unpaired) electrons. The summed E-state index contributed by atoms with van der Waals surface area (Å²) in [7, 11) is 0. The zero-order valence-corrected chi connectivity index (χ0v) is 41.7. The van der Waals surface area contributed by atoms with Crippen molar-refractivity contribution in [2.45, 2.75) is 335 Å². The number of ether oxygens (including phenoxy) is 2. The van der Waals surface area contributed by atoms with Gasteiger partial charge in [-0.15, -0.1) is 0 Å². The fraction of sp³-hybridized carbons (Fsp3) is 0.964. The third kappa shape index (κ3) is 51.4. The van der Waals surface area contributed by atoms with Crippen LogP contribution in [0.25, 0.3) is 0 Å². The van der Waals surface area contributed by atoms with E-state index in [1.165, 1.54) is 270 Å². The Kier molecular flexibility index (Phi) is 52.3. The molecule has 0 aliphatic heterocycles. The minimum Gasteiger partial charge on any atom is -0.462 e. The van der Waals surface area contributed by atoms with Crippen LogP contribution in [0.15, 0.2) is 0 Å². The van der Waals surface area contributed by atoms with Crippen LogP contribution in [-0.4, -0.2) is 36.4 Å². The van der Waals surface area contributed by atoms with Crippen LogP contribution in [0, 0.1) is 0 Å². The average molecular weight is 863 g/mol. The van der Waals surface area contributed by atoms with E-state index in [1.54, 1.807) is 0 Å². The van der Waals surface area contributed by atoms with Crippen LogP contribution < -0.4 is 0 Å². The van der Waals surface area contributed by atoms with Crippen LogP contribution in [0.4, 0.5) is 0 Å². The summed E-state index contributed by atoms with van der Waals surface area (Å²) in [5, 5.41) is 9.64. The molecule has 0 saturated carbocycles. The maximum atomic E-state index is 12.3. The van der Waals surface area contributed by atoms with Crippen LogP contribution in [0.2, 0.25) is 0 Å². The molecule has 364 valence electrons. The SMILES string of the molecule is CCCCCCCCCCCCCCCCCCCCCCCCCCCCCC(=O)OC(CO)COC(=O)CCCCCCCCCCCCCCCCCCCCCC. The van der Waals surface area contributed by atoms with Crippen molar-refractivity contribution in [3.63, 3.8) is 0 Å². The Morgan fingerprint density at radius 2 is 0.508 bits per heavy atom. The first-order valence-electron chi connectivity index (χ1n) is 28.1. The third-order valence-corrected chi connectivity index (χ3v) is 13.2.